The average Bonchev–Trinajstić information content (AvgIpc) is 3.35. The van der Waals surface area contributed by atoms with Gasteiger partial charge in [0.25, 0.3) is 0 Å². The quantitative estimate of drug-likeness (QED) is 0.918. The van der Waals surface area contributed by atoms with E-state index in [4.69, 9.17) is 0 Å². The van der Waals surface area contributed by atoms with Crippen LogP contribution in [0.4, 0.5) is 0 Å². The van der Waals surface area contributed by atoms with Gasteiger partial charge in [-0.25, -0.2) is 0 Å². The van der Waals surface area contributed by atoms with Gasteiger partial charge in [0.1, 0.15) is 5.54 Å². The molecule has 0 unspecified atom stereocenters. The van der Waals surface area contributed by atoms with Gasteiger partial charge < -0.3 is 10.0 Å². The number of hydrogen-bond donors (Lipinski definition) is 1. The number of amides is 1. The number of carboxylic acids is 1. The van der Waals surface area contributed by atoms with Crippen LogP contribution < -0.4 is 0 Å². The number of aryl methyl sites for hydroxylation is 1. The SMILES string of the molecule is Cc1cccc([C@@H]2C[C@H]2C(=O)N2CCN(C(C)(C)C(=O)O)CC2)c1. The minimum absolute atomic E-state index is 0.103. The predicted octanol–water partition coefficient (Wildman–Crippen LogP) is 2.11. The summed E-state index contributed by atoms with van der Waals surface area (Å²) in [5, 5.41) is 9.33. The van der Waals surface area contributed by atoms with Crippen LogP contribution in [-0.4, -0.2) is 58.5 Å². The molecule has 130 valence electrons. The van der Waals surface area contributed by atoms with Gasteiger partial charge in [-0.05, 0) is 38.7 Å². The molecule has 1 saturated heterocycles. The van der Waals surface area contributed by atoms with Gasteiger partial charge in [0, 0.05) is 32.1 Å². The van der Waals surface area contributed by atoms with Crippen LogP contribution in [0.3, 0.4) is 0 Å². The van der Waals surface area contributed by atoms with Crippen molar-refractivity contribution in [3.05, 3.63) is 35.4 Å². The molecule has 0 aromatic heterocycles. The molecule has 0 spiro atoms. The lowest BCUT2D eigenvalue weighted by molar-refractivity contribution is -0.151. The Morgan fingerprint density at radius 2 is 1.83 bits per heavy atom. The number of carbonyl (C=O) groups is 2. The van der Waals surface area contributed by atoms with Crippen LogP contribution >= 0.6 is 0 Å². The van der Waals surface area contributed by atoms with E-state index in [1.165, 1.54) is 11.1 Å². The highest BCUT2D eigenvalue weighted by atomic mass is 16.4. The molecule has 1 saturated carbocycles. The summed E-state index contributed by atoms with van der Waals surface area (Å²) < 4.78 is 0. The van der Waals surface area contributed by atoms with Gasteiger partial charge >= 0.3 is 5.97 Å². The molecule has 1 N–H and O–H groups in total. The fourth-order valence-electron chi connectivity index (χ4n) is 3.59. The highest BCUT2D eigenvalue weighted by Crippen LogP contribution is 2.48. The van der Waals surface area contributed by atoms with E-state index in [0.717, 1.165) is 6.42 Å². The molecule has 24 heavy (non-hydrogen) atoms. The number of aliphatic carboxylic acids is 1. The molecular formula is C19H26N2O3. The molecule has 1 aromatic rings. The van der Waals surface area contributed by atoms with Crippen LogP contribution in [0.5, 0.6) is 0 Å². The zero-order chi connectivity index (χ0) is 17.5. The Bertz CT molecular complexity index is 648. The standard InChI is InChI=1S/C19H26N2O3/c1-13-5-4-6-14(11-13)15-12-16(15)17(22)20-7-9-21(10-8-20)19(2,3)18(23)24/h4-6,11,15-16H,7-10,12H2,1-3H3,(H,23,24)/t15-,16+/m0/s1. The van der Waals surface area contributed by atoms with Crippen molar-refractivity contribution >= 4 is 11.9 Å². The lowest BCUT2D eigenvalue weighted by Crippen LogP contribution is -2.58. The van der Waals surface area contributed by atoms with Gasteiger partial charge in [-0.1, -0.05) is 29.8 Å². The van der Waals surface area contributed by atoms with E-state index in [-0.39, 0.29) is 11.8 Å². The highest BCUT2D eigenvalue weighted by Gasteiger charge is 2.46. The van der Waals surface area contributed by atoms with Crippen LogP contribution in [0.1, 0.15) is 37.3 Å². The zero-order valence-corrected chi connectivity index (χ0v) is 14.7. The first-order chi connectivity index (χ1) is 11.3. The summed E-state index contributed by atoms with van der Waals surface area (Å²) in [6, 6.07) is 8.41. The number of carbonyl (C=O) groups excluding carboxylic acids is 1. The first kappa shape index (κ1) is 17.0. The minimum atomic E-state index is -0.876. The summed E-state index contributed by atoms with van der Waals surface area (Å²) in [6.45, 7) is 7.99. The van der Waals surface area contributed by atoms with Crippen molar-refractivity contribution in [3.8, 4) is 0 Å². The molecule has 1 heterocycles. The van der Waals surface area contributed by atoms with E-state index in [2.05, 4.69) is 31.2 Å². The number of rotatable bonds is 4. The molecule has 1 aliphatic heterocycles. The third-order valence-electron chi connectivity index (χ3n) is 5.48. The second kappa shape index (κ2) is 6.20. The summed E-state index contributed by atoms with van der Waals surface area (Å²) >= 11 is 0. The average molecular weight is 330 g/mol. The number of hydrogen-bond acceptors (Lipinski definition) is 3. The number of piperazine rings is 1. The fourth-order valence-corrected chi connectivity index (χ4v) is 3.59. The maximum atomic E-state index is 12.7. The molecule has 2 aliphatic rings. The van der Waals surface area contributed by atoms with Crippen molar-refractivity contribution in [2.75, 3.05) is 26.2 Å². The largest absolute Gasteiger partial charge is 0.480 e. The Balaban J connectivity index is 1.56. The minimum Gasteiger partial charge on any atom is -0.480 e. The predicted molar refractivity (Wildman–Crippen MR) is 91.9 cm³/mol. The van der Waals surface area contributed by atoms with Crippen molar-refractivity contribution in [3.63, 3.8) is 0 Å². The lowest BCUT2D eigenvalue weighted by Gasteiger charge is -2.41. The summed E-state index contributed by atoms with van der Waals surface area (Å²) in [6.07, 6.45) is 0.934. The third-order valence-corrected chi connectivity index (χ3v) is 5.48. The third kappa shape index (κ3) is 3.18. The van der Waals surface area contributed by atoms with Gasteiger partial charge in [0.15, 0.2) is 0 Å². The van der Waals surface area contributed by atoms with Crippen LogP contribution in [0.25, 0.3) is 0 Å². The van der Waals surface area contributed by atoms with E-state index in [1.54, 1.807) is 13.8 Å². The van der Waals surface area contributed by atoms with Crippen LogP contribution in [0.15, 0.2) is 24.3 Å². The van der Waals surface area contributed by atoms with E-state index < -0.39 is 11.5 Å². The Morgan fingerprint density at radius 1 is 1.17 bits per heavy atom. The van der Waals surface area contributed by atoms with Crippen molar-refractivity contribution in [1.29, 1.82) is 0 Å². The number of carboxylic acid groups (broad SMARTS) is 1. The van der Waals surface area contributed by atoms with Crippen LogP contribution in [-0.2, 0) is 9.59 Å². The highest BCUT2D eigenvalue weighted by molar-refractivity contribution is 5.83. The molecule has 0 bridgehead atoms. The first-order valence-electron chi connectivity index (χ1n) is 8.64. The number of benzene rings is 1. The molecular weight excluding hydrogens is 304 g/mol. The number of nitrogens with zero attached hydrogens (tertiary/aromatic N) is 2. The fraction of sp³-hybridized carbons (Fsp3) is 0.579. The van der Waals surface area contributed by atoms with E-state index >= 15 is 0 Å². The molecule has 2 fully saturated rings. The molecule has 5 nitrogen and oxygen atoms in total. The molecule has 5 heteroatoms. The van der Waals surface area contributed by atoms with Crippen molar-refractivity contribution < 1.29 is 14.7 Å². The normalized spacial score (nSPS) is 24.7. The molecule has 1 aromatic carbocycles. The second-order valence-corrected chi connectivity index (χ2v) is 7.54. The van der Waals surface area contributed by atoms with Gasteiger partial charge in [0.05, 0.1) is 0 Å². The molecule has 1 aliphatic carbocycles. The van der Waals surface area contributed by atoms with Gasteiger partial charge in [-0.15, -0.1) is 0 Å². The van der Waals surface area contributed by atoms with Crippen molar-refractivity contribution in [1.82, 2.24) is 9.80 Å². The molecule has 3 rings (SSSR count). The molecule has 2 atom stereocenters. The van der Waals surface area contributed by atoms with Crippen LogP contribution in [0, 0.1) is 12.8 Å². The first-order valence-corrected chi connectivity index (χ1v) is 8.64. The smallest absolute Gasteiger partial charge is 0.323 e. The van der Waals surface area contributed by atoms with Gasteiger partial charge in [0.2, 0.25) is 5.91 Å². The maximum absolute atomic E-state index is 12.7. The summed E-state index contributed by atoms with van der Waals surface area (Å²) in [5.74, 6) is -0.130. The van der Waals surface area contributed by atoms with Crippen LogP contribution in [0.2, 0.25) is 0 Å². The van der Waals surface area contributed by atoms with Crippen molar-refractivity contribution in [2.24, 2.45) is 5.92 Å². The molecule has 0 radical (unpaired) electrons. The summed E-state index contributed by atoms with van der Waals surface area (Å²) in [5.41, 5.74) is 1.62. The molecule has 1 amide bonds. The summed E-state index contributed by atoms with van der Waals surface area (Å²) in [4.78, 5) is 27.9. The maximum Gasteiger partial charge on any atom is 0.323 e. The van der Waals surface area contributed by atoms with E-state index in [1.807, 2.05) is 9.80 Å². The lowest BCUT2D eigenvalue weighted by atomic mass is 10.0. The van der Waals surface area contributed by atoms with Crippen molar-refractivity contribution in [2.45, 2.75) is 38.6 Å². The monoisotopic (exact) mass is 330 g/mol. The zero-order valence-electron chi connectivity index (χ0n) is 14.7. The topological polar surface area (TPSA) is 60.9 Å². The Hall–Kier alpha value is -1.88. The van der Waals surface area contributed by atoms with Gasteiger partial charge in [-0.3, -0.25) is 14.5 Å². The Morgan fingerprint density at radius 3 is 2.42 bits per heavy atom. The van der Waals surface area contributed by atoms with E-state index in [9.17, 15) is 14.7 Å². The van der Waals surface area contributed by atoms with E-state index in [0.29, 0.717) is 32.1 Å². The van der Waals surface area contributed by atoms with Gasteiger partial charge in [-0.2, -0.15) is 0 Å². The Labute approximate surface area is 143 Å². The second-order valence-electron chi connectivity index (χ2n) is 7.54. The Kier molecular flexibility index (Phi) is 4.38. The summed E-state index contributed by atoms with van der Waals surface area (Å²) in [7, 11) is 0.